The summed E-state index contributed by atoms with van der Waals surface area (Å²) in [4.78, 5) is 22.7. The highest BCUT2D eigenvalue weighted by molar-refractivity contribution is 5.80. The first-order chi connectivity index (χ1) is 7.75. The number of hydrogen-bond donors (Lipinski definition) is 0. The van der Waals surface area contributed by atoms with Crippen LogP contribution in [0, 0.1) is 5.92 Å². The van der Waals surface area contributed by atoms with Gasteiger partial charge in [-0.05, 0) is 18.8 Å². The molecule has 1 atom stereocenters. The Balaban J connectivity index is 1.72. The second kappa shape index (κ2) is 5.32. The van der Waals surface area contributed by atoms with E-state index in [0.717, 1.165) is 12.8 Å². The minimum Gasteiger partial charge on any atom is -0.463 e. The van der Waals surface area contributed by atoms with Crippen LogP contribution in [0.4, 0.5) is 0 Å². The molecule has 90 valence electrons. The number of esters is 2. The van der Waals surface area contributed by atoms with Crippen molar-refractivity contribution in [3.63, 3.8) is 0 Å². The molecule has 0 aromatic heterocycles. The molecule has 1 saturated heterocycles. The molecular formula is C12H18O4. The van der Waals surface area contributed by atoms with Crippen molar-refractivity contribution in [3.8, 4) is 0 Å². The second-order valence-electron chi connectivity index (χ2n) is 4.64. The van der Waals surface area contributed by atoms with E-state index in [1.165, 1.54) is 19.3 Å². The summed E-state index contributed by atoms with van der Waals surface area (Å²) in [5.74, 6) is -0.175. The zero-order chi connectivity index (χ0) is 11.4. The van der Waals surface area contributed by atoms with Gasteiger partial charge in [0.1, 0.15) is 0 Å². The lowest BCUT2D eigenvalue weighted by Crippen LogP contribution is -2.24. The molecule has 2 aliphatic rings. The minimum absolute atomic E-state index is 0.240. The summed E-state index contributed by atoms with van der Waals surface area (Å²) in [6.07, 6.45) is 6.26. The zero-order valence-electron chi connectivity index (χ0n) is 9.44. The quantitative estimate of drug-likeness (QED) is 0.689. The van der Waals surface area contributed by atoms with E-state index in [1.54, 1.807) is 0 Å². The van der Waals surface area contributed by atoms with Gasteiger partial charge in [0.2, 0.25) is 6.10 Å². The van der Waals surface area contributed by atoms with Crippen molar-refractivity contribution < 1.29 is 19.1 Å². The van der Waals surface area contributed by atoms with Crippen LogP contribution < -0.4 is 0 Å². The molecule has 2 rings (SSSR count). The Labute approximate surface area is 95.3 Å². The molecule has 1 aliphatic carbocycles. The predicted molar refractivity (Wildman–Crippen MR) is 56.6 cm³/mol. The monoisotopic (exact) mass is 226 g/mol. The van der Waals surface area contributed by atoms with Gasteiger partial charge in [-0.2, -0.15) is 0 Å². The number of hydrogen-bond acceptors (Lipinski definition) is 4. The van der Waals surface area contributed by atoms with Crippen LogP contribution in [-0.2, 0) is 19.1 Å². The van der Waals surface area contributed by atoms with Crippen LogP contribution in [-0.4, -0.2) is 24.6 Å². The minimum atomic E-state index is -0.643. The molecule has 1 aliphatic heterocycles. The van der Waals surface area contributed by atoms with E-state index in [0.29, 0.717) is 25.4 Å². The fourth-order valence-electron chi connectivity index (χ4n) is 2.42. The van der Waals surface area contributed by atoms with Crippen molar-refractivity contribution in [2.75, 3.05) is 6.61 Å². The molecule has 0 amide bonds. The third kappa shape index (κ3) is 2.97. The molecule has 0 aromatic rings. The van der Waals surface area contributed by atoms with E-state index in [4.69, 9.17) is 9.47 Å². The summed E-state index contributed by atoms with van der Waals surface area (Å²) in [6.45, 7) is 0.375. The Hall–Kier alpha value is -1.06. The third-order valence-electron chi connectivity index (χ3n) is 3.34. The van der Waals surface area contributed by atoms with Crippen molar-refractivity contribution in [1.82, 2.24) is 0 Å². The molecule has 0 radical (unpaired) electrons. The van der Waals surface area contributed by atoms with Crippen molar-refractivity contribution in [2.24, 2.45) is 5.92 Å². The van der Waals surface area contributed by atoms with Gasteiger partial charge in [0, 0.05) is 12.8 Å². The Morgan fingerprint density at radius 3 is 2.62 bits per heavy atom. The van der Waals surface area contributed by atoms with Gasteiger partial charge in [0.25, 0.3) is 0 Å². The van der Waals surface area contributed by atoms with Gasteiger partial charge >= 0.3 is 11.9 Å². The van der Waals surface area contributed by atoms with Gasteiger partial charge in [-0.15, -0.1) is 0 Å². The highest BCUT2D eigenvalue weighted by Gasteiger charge is 2.30. The summed E-state index contributed by atoms with van der Waals surface area (Å²) in [6, 6.07) is 0. The van der Waals surface area contributed by atoms with Crippen molar-refractivity contribution >= 4 is 11.9 Å². The first-order valence-corrected chi connectivity index (χ1v) is 6.12. The molecule has 0 aromatic carbocycles. The average Bonchev–Trinajstić information content (AvgIpc) is 2.66. The molecule has 1 heterocycles. The fraction of sp³-hybridized carbons (Fsp3) is 0.833. The predicted octanol–water partition coefficient (Wildman–Crippen LogP) is 1.82. The van der Waals surface area contributed by atoms with Crippen LogP contribution in [0.5, 0.6) is 0 Å². The SMILES string of the molecule is O=C(CC1CCCCC1)OC1CCOC1=O. The van der Waals surface area contributed by atoms with Gasteiger partial charge in [-0.25, -0.2) is 4.79 Å². The van der Waals surface area contributed by atoms with Gasteiger partial charge < -0.3 is 9.47 Å². The summed E-state index contributed by atoms with van der Waals surface area (Å²) >= 11 is 0. The molecular weight excluding hydrogens is 208 g/mol. The van der Waals surface area contributed by atoms with Crippen LogP contribution in [0.25, 0.3) is 0 Å². The maximum atomic E-state index is 11.6. The summed E-state index contributed by atoms with van der Waals surface area (Å²) < 4.78 is 9.85. The lowest BCUT2D eigenvalue weighted by atomic mass is 9.87. The Kier molecular flexibility index (Phi) is 3.80. The Bertz CT molecular complexity index is 268. The van der Waals surface area contributed by atoms with Crippen molar-refractivity contribution in [1.29, 1.82) is 0 Å². The summed E-state index contributed by atoms with van der Waals surface area (Å²) in [5, 5.41) is 0. The standard InChI is InChI=1S/C12H18O4/c13-11(8-9-4-2-1-3-5-9)16-10-6-7-15-12(10)14/h9-10H,1-8H2. The highest BCUT2D eigenvalue weighted by atomic mass is 16.6. The normalized spacial score (nSPS) is 26.5. The molecule has 4 heteroatoms. The Morgan fingerprint density at radius 1 is 1.25 bits per heavy atom. The molecule has 4 nitrogen and oxygen atoms in total. The van der Waals surface area contributed by atoms with E-state index >= 15 is 0 Å². The van der Waals surface area contributed by atoms with Crippen LogP contribution in [0.3, 0.4) is 0 Å². The molecule has 0 N–H and O–H groups in total. The largest absolute Gasteiger partial charge is 0.463 e. The van der Waals surface area contributed by atoms with E-state index in [2.05, 4.69) is 0 Å². The van der Waals surface area contributed by atoms with Crippen LogP contribution in [0.1, 0.15) is 44.9 Å². The number of cyclic esters (lactones) is 1. The molecule has 0 spiro atoms. The maximum Gasteiger partial charge on any atom is 0.347 e. The Morgan fingerprint density at radius 2 is 2.00 bits per heavy atom. The van der Waals surface area contributed by atoms with E-state index in [-0.39, 0.29) is 5.97 Å². The highest BCUT2D eigenvalue weighted by Crippen LogP contribution is 2.27. The molecule has 1 unspecified atom stereocenters. The molecule has 2 fully saturated rings. The molecule has 16 heavy (non-hydrogen) atoms. The summed E-state index contributed by atoms with van der Waals surface area (Å²) in [5.41, 5.74) is 0. The third-order valence-corrected chi connectivity index (χ3v) is 3.34. The van der Waals surface area contributed by atoms with E-state index in [9.17, 15) is 9.59 Å². The van der Waals surface area contributed by atoms with Crippen LogP contribution in [0.2, 0.25) is 0 Å². The topological polar surface area (TPSA) is 52.6 Å². The van der Waals surface area contributed by atoms with Gasteiger partial charge in [-0.3, -0.25) is 4.79 Å². The molecule has 0 bridgehead atoms. The number of rotatable bonds is 3. The second-order valence-corrected chi connectivity index (χ2v) is 4.64. The van der Waals surface area contributed by atoms with Gasteiger partial charge in [-0.1, -0.05) is 19.3 Å². The lowest BCUT2D eigenvalue weighted by molar-refractivity contribution is -0.161. The number of ether oxygens (including phenoxy) is 2. The van der Waals surface area contributed by atoms with Crippen LogP contribution in [0.15, 0.2) is 0 Å². The van der Waals surface area contributed by atoms with E-state index < -0.39 is 12.1 Å². The number of carbonyl (C=O) groups excluding carboxylic acids is 2. The van der Waals surface area contributed by atoms with Crippen LogP contribution >= 0.6 is 0 Å². The first-order valence-electron chi connectivity index (χ1n) is 6.12. The zero-order valence-corrected chi connectivity index (χ0v) is 9.44. The average molecular weight is 226 g/mol. The number of carbonyl (C=O) groups is 2. The van der Waals surface area contributed by atoms with Crippen molar-refractivity contribution in [2.45, 2.75) is 51.0 Å². The summed E-state index contributed by atoms with van der Waals surface area (Å²) in [7, 11) is 0. The lowest BCUT2D eigenvalue weighted by Gasteiger charge is -2.20. The molecule has 1 saturated carbocycles. The first kappa shape index (κ1) is 11.4. The smallest absolute Gasteiger partial charge is 0.347 e. The van der Waals surface area contributed by atoms with Gasteiger partial charge in [0.15, 0.2) is 0 Å². The van der Waals surface area contributed by atoms with E-state index in [1.807, 2.05) is 0 Å². The maximum absolute atomic E-state index is 11.6. The van der Waals surface area contributed by atoms with Crippen molar-refractivity contribution in [3.05, 3.63) is 0 Å². The van der Waals surface area contributed by atoms with Gasteiger partial charge in [0.05, 0.1) is 6.61 Å². The fourth-order valence-corrected chi connectivity index (χ4v) is 2.42.